The summed E-state index contributed by atoms with van der Waals surface area (Å²) in [7, 11) is -10.1. The van der Waals surface area contributed by atoms with Gasteiger partial charge in [0.25, 0.3) is 0 Å². The third-order valence-electron chi connectivity index (χ3n) is 14.7. The maximum absolute atomic E-state index is 13.1. The lowest BCUT2D eigenvalue weighted by Crippen LogP contribution is -2.30. The van der Waals surface area contributed by atoms with Crippen molar-refractivity contribution in [2.45, 2.75) is 251 Å². The van der Waals surface area contributed by atoms with Crippen LogP contribution in [0.15, 0.2) is 231 Å². The molecule has 0 spiro atoms. The molecule has 0 saturated carbocycles. The average molecular weight is 1510 g/mol. The molecule has 0 aliphatic carbocycles. The molecule has 0 fully saturated rings. The Morgan fingerprint density at radius 2 is 0.519 bits per heavy atom. The highest BCUT2D eigenvalue weighted by atomic mass is 31.2. The summed E-state index contributed by atoms with van der Waals surface area (Å²) in [5.41, 5.74) is 0. The summed E-state index contributed by atoms with van der Waals surface area (Å²) in [6, 6.07) is 0. The fourth-order valence-electron chi connectivity index (χ4n) is 8.95. The fraction of sp³-hybridized carbons (Fsp3) is 0.517. The third kappa shape index (κ3) is 75.4. The van der Waals surface area contributed by atoms with Gasteiger partial charge in [0, 0.05) is 19.3 Å². The van der Waals surface area contributed by atoms with Gasteiger partial charge in [0.05, 0.1) is 32.8 Å². The molecule has 106 heavy (non-hydrogen) atoms. The summed E-state index contributed by atoms with van der Waals surface area (Å²) in [6.07, 6.45) is 98.0. The third-order valence-corrected chi connectivity index (χ3v) is 16.6. The van der Waals surface area contributed by atoms with Crippen molar-refractivity contribution in [1.29, 1.82) is 0 Å². The summed E-state index contributed by atoms with van der Waals surface area (Å²) in [5.74, 6) is -2.53. The van der Waals surface area contributed by atoms with Crippen LogP contribution in [-0.2, 0) is 65.4 Å². The predicted octanol–water partition coefficient (Wildman–Crippen LogP) is 22.7. The van der Waals surface area contributed by atoms with Crippen LogP contribution in [0, 0.1) is 0 Å². The van der Waals surface area contributed by atoms with Crippen molar-refractivity contribution in [3.05, 3.63) is 231 Å². The van der Waals surface area contributed by atoms with E-state index in [9.17, 15) is 43.2 Å². The van der Waals surface area contributed by atoms with Gasteiger partial charge in [0.15, 0.2) is 12.2 Å². The van der Waals surface area contributed by atoms with Gasteiger partial charge in [-0.15, -0.1) is 0 Å². The lowest BCUT2D eigenvalue weighted by Gasteiger charge is -2.21. The lowest BCUT2D eigenvalue weighted by molar-refractivity contribution is -0.161. The number of carbonyl (C=O) groups excluding carboxylic acids is 4. The molecule has 5 atom stereocenters. The first-order valence-electron chi connectivity index (χ1n) is 38.6. The Bertz CT molecular complexity index is 2930. The van der Waals surface area contributed by atoms with E-state index in [-0.39, 0.29) is 25.7 Å². The van der Waals surface area contributed by atoms with Crippen LogP contribution >= 0.6 is 15.6 Å². The topological polar surface area (TPSA) is 237 Å². The zero-order valence-corrected chi connectivity index (χ0v) is 66.3. The Morgan fingerprint density at radius 1 is 0.274 bits per heavy atom. The van der Waals surface area contributed by atoms with E-state index in [4.69, 9.17) is 37.0 Å². The highest BCUT2D eigenvalue weighted by Crippen LogP contribution is 2.45. The van der Waals surface area contributed by atoms with Crippen molar-refractivity contribution in [1.82, 2.24) is 0 Å². The summed E-state index contributed by atoms with van der Waals surface area (Å²) in [5, 5.41) is 10.6. The van der Waals surface area contributed by atoms with Crippen molar-refractivity contribution in [2.75, 3.05) is 39.6 Å². The number of phosphoric ester groups is 2. The Balaban J connectivity index is 5.59. The second-order valence-electron chi connectivity index (χ2n) is 24.4. The Hall–Kier alpha value is -6.88. The van der Waals surface area contributed by atoms with Gasteiger partial charge in [-0.25, -0.2) is 9.13 Å². The van der Waals surface area contributed by atoms with E-state index in [0.29, 0.717) is 38.5 Å². The van der Waals surface area contributed by atoms with Crippen LogP contribution in [-0.4, -0.2) is 96.7 Å². The number of rotatable bonds is 69. The molecular weight excluding hydrogens is 1380 g/mol. The van der Waals surface area contributed by atoms with Crippen molar-refractivity contribution in [3.63, 3.8) is 0 Å². The SMILES string of the molecule is CC/C=C\C/C=C\C/C=C\C/C=C\C/C=C\C/C=C\CCC(=O)OCC(COP(=O)(O)OCC(O)COP(=O)(O)OCC(COC(=O)C/C=C\C/C=C\C/C=C\C/C=C\C/C=C\CC)OC(=O)CCCC/C=C\C/C=C\C/C=C\C/C=C\CC)OC(=O)CCCCCC/C=C\C/C=C\C/C=C\C/C=C\CC. The number of allylic oxidation sites excluding steroid dienone is 37. The molecule has 19 heteroatoms. The number of phosphoric acid groups is 2. The van der Waals surface area contributed by atoms with Crippen molar-refractivity contribution < 1.29 is 80.2 Å². The quantitative estimate of drug-likeness (QED) is 0.0169. The molecule has 0 aliphatic heterocycles. The number of hydrogen-bond donors (Lipinski definition) is 3. The highest BCUT2D eigenvalue weighted by Gasteiger charge is 2.30. The van der Waals surface area contributed by atoms with E-state index < -0.39 is 97.5 Å². The number of ether oxygens (including phenoxy) is 4. The molecule has 17 nitrogen and oxygen atoms in total. The van der Waals surface area contributed by atoms with Gasteiger partial charge in [-0.3, -0.25) is 37.3 Å². The maximum atomic E-state index is 13.1. The largest absolute Gasteiger partial charge is 0.472 e. The first-order chi connectivity index (χ1) is 51.7. The van der Waals surface area contributed by atoms with E-state index in [0.717, 1.165) is 141 Å². The van der Waals surface area contributed by atoms with Gasteiger partial charge >= 0.3 is 39.5 Å². The van der Waals surface area contributed by atoms with E-state index in [1.54, 1.807) is 6.08 Å². The van der Waals surface area contributed by atoms with E-state index in [2.05, 4.69) is 210 Å². The molecule has 0 aliphatic rings. The van der Waals surface area contributed by atoms with Crippen LogP contribution in [0.5, 0.6) is 0 Å². The van der Waals surface area contributed by atoms with Gasteiger partial charge in [-0.05, 0) is 167 Å². The molecule has 0 rings (SSSR count). The van der Waals surface area contributed by atoms with Crippen LogP contribution in [0.2, 0.25) is 0 Å². The summed E-state index contributed by atoms with van der Waals surface area (Å²) >= 11 is 0. The zero-order valence-electron chi connectivity index (χ0n) is 64.5. The molecular formula is C87H132O17P2. The van der Waals surface area contributed by atoms with Crippen LogP contribution in [0.4, 0.5) is 0 Å². The maximum Gasteiger partial charge on any atom is 0.472 e. The zero-order chi connectivity index (χ0) is 77.4. The molecule has 592 valence electrons. The Labute approximate surface area is 638 Å². The van der Waals surface area contributed by atoms with E-state index in [1.807, 2.05) is 42.5 Å². The van der Waals surface area contributed by atoms with Crippen molar-refractivity contribution in [3.8, 4) is 0 Å². The van der Waals surface area contributed by atoms with Crippen molar-refractivity contribution in [2.24, 2.45) is 0 Å². The van der Waals surface area contributed by atoms with E-state index in [1.165, 1.54) is 0 Å². The minimum atomic E-state index is -5.03. The molecule has 5 unspecified atom stereocenters. The first-order valence-corrected chi connectivity index (χ1v) is 41.6. The Kier molecular flexibility index (Phi) is 71.4. The van der Waals surface area contributed by atoms with Gasteiger partial charge in [-0.1, -0.05) is 271 Å². The summed E-state index contributed by atoms with van der Waals surface area (Å²) in [6.45, 7) is 4.07. The van der Waals surface area contributed by atoms with Gasteiger partial charge < -0.3 is 33.8 Å². The number of unbranched alkanes of at least 4 members (excludes halogenated alkanes) is 6. The van der Waals surface area contributed by atoms with Crippen LogP contribution in [0.3, 0.4) is 0 Å². The van der Waals surface area contributed by atoms with Crippen LogP contribution in [0.1, 0.15) is 233 Å². The van der Waals surface area contributed by atoms with Crippen LogP contribution < -0.4 is 0 Å². The second-order valence-corrected chi connectivity index (χ2v) is 27.3. The predicted molar refractivity (Wildman–Crippen MR) is 435 cm³/mol. The van der Waals surface area contributed by atoms with Crippen LogP contribution in [0.25, 0.3) is 0 Å². The molecule has 0 bridgehead atoms. The fourth-order valence-corrected chi connectivity index (χ4v) is 10.5. The number of aliphatic hydroxyl groups excluding tert-OH is 1. The molecule has 0 radical (unpaired) electrons. The Morgan fingerprint density at radius 3 is 0.840 bits per heavy atom. The second kappa shape index (κ2) is 76.3. The number of esters is 4. The minimum absolute atomic E-state index is 0.0104. The monoisotopic (exact) mass is 1510 g/mol. The van der Waals surface area contributed by atoms with E-state index >= 15 is 0 Å². The number of hydrogen-bond acceptors (Lipinski definition) is 15. The first kappa shape index (κ1) is 99.1. The number of aliphatic hydroxyl groups is 1. The molecule has 0 heterocycles. The van der Waals surface area contributed by atoms with Crippen molar-refractivity contribution >= 4 is 39.5 Å². The lowest BCUT2D eigenvalue weighted by atomic mass is 10.1. The summed E-state index contributed by atoms with van der Waals surface area (Å²) < 4.78 is 68.3. The standard InChI is InChI=1S/C87H132O17P2/c1-5-9-13-17-21-25-29-33-37-39-40-42-45-48-52-56-60-64-68-72-85(90)98-78-83(104-87(92)74-70-66-62-58-54-50-46-41-38-34-30-26-22-18-14-10-6-2)80-102-106(95,96)100-76-81(88)75-99-105(93,94)101-79-82(103-86(91)73-69-65-61-57-53-49-44-36-32-28-24-20-16-12-8-4)77-97-84(89)71-67-63-59-55-51-47-43-35-31-27-23-19-15-11-7-3/h9-16,21-28,33-38,40,42-44,46,48,50-53,55,57,60,63-64,67,81-83,88H,5-8,17-20,29-32,39,41,45,47,49,54,56,58-59,61-62,65-66,68-80H2,1-4H3,(H,93,94)(H,95,96)/b13-9-,14-10-,15-11-,16-12-,25-21-,26-22-,27-23-,28-24-,37-33-,38-34-,42-40-,43-35-,44-36-,50-46-,52-48-,55-51-,57-53-,64-60-,67-63-. The summed E-state index contributed by atoms with van der Waals surface area (Å²) in [4.78, 5) is 72.9. The molecule has 0 aromatic heterocycles. The smallest absolute Gasteiger partial charge is 0.462 e. The average Bonchev–Trinajstić information content (AvgIpc) is 0.902. The molecule has 0 aromatic rings. The number of carbonyl (C=O) groups is 4. The van der Waals surface area contributed by atoms with Gasteiger partial charge in [-0.2, -0.15) is 0 Å². The molecule has 0 amide bonds. The highest BCUT2D eigenvalue weighted by molar-refractivity contribution is 7.47. The molecule has 0 aromatic carbocycles. The van der Waals surface area contributed by atoms with Gasteiger partial charge in [0.1, 0.15) is 19.3 Å². The minimum Gasteiger partial charge on any atom is -0.462 e. The molecule has 0 saturated heterocycles. The normalized spacial score (nSPS) is 15.1. The molecule has 3 N–H and O–H groups in total. The van der Waals surface area contributed by atoms with Gasteiger partial charge in [0.2, 0.25) is 0 Å².